The van der Waals surface area contributed by atoms with Gasteiger partial charge >= 0.3 is 5.97 Å². The van der Waals surface area contributed by atoms with Crippen molar-refractivity contribution in [3.05, 3.63) is 0 Å². The number of likely N-dealkylation sites (tertiary alicyclic amines) is 1. The van der Waals surface area contributed by atoms with E-state index in [0.29, 0.717) is 6.54 Å². The minimum atomic E-state index is -0.175. The van der Waals surface area contributed by atoms with Crippen LogP contribution >= 0.6 is 0 Å². The van der Waals surface area contributed by atoms with Gasteiger partial charge in [0.25, 0.3) is 0 Å². The SMILES string of the molecule is COC(=O)C(CN)C1CCCCN1C. The van der Waals surface area contributed by atoms with E-state index in [1.54, 1.807) is 0 Å². The van der Waals surface area contributed by atoms with Crippen molar-refractivity contribution in [3.8, 4) is 0 Å². The minimum Gasteiger partial charge on any atom is -0.469 e. The number of carbonyl (C=O) groups is 1. The van der Waals surface area contributed by atoms with Gasteiger partial charge < -0.3 is 15.4 Å². The standard InChI is InChI=1S/C10H20N2O2/c1-12-6-4-3-5-9(12)8(7-11)10(13)14-2/h8-9H,3-7,11H2,1-2H3. The van der Waals surface area contributed by atoms with Gasteiger partial charge in [-0.3, -0.25) is 4.79 Å². The molecule has 0 amide bonds. The summed E-state index contributed by atoms with van der Waals surface area (Å²) >= 11 is 0. The largest absolute Gasteiger partial charge is 0.469 e. The molecule has 1 fully saturated rings. The molecule has 82 valence electrons. The molecule has 14 heavy (non-hydrogen) atoms. The summed E-state index contributed by atoms with van der Waals surface area (Å²) in [7, 11) is 3.48. The highest BCUT2D eigenvalue weighted by Gasteiger charge is 2.32. The van der Waals surface area contributed by atoms with Crippen molar-refractivity contribution >= 4 is 5.97 Å². The Morgan fingerprint density at radius 1 is 1.64 bits per heavy atom. The predicted octanol–water partition coefficient (Wildman–Crippen LogP) is 0.219. The number of piperidine rings is 1. The molecule has 1 rings (SSSR count). The van der Waals surface area contributed by atoms with Crippen molar-refractivity contribution in [1.82, 2.24) is 4.90 Å². The van der Waals surface area contributed by atoms with Crippen LogP contribution in [0.3, 0.4) is 0 Å². The highest BCUT2D eigenvalue weighted by atomic mass is 16.5. The maximum absolute atomic E-state index is 11.5. The zero-order chi connectivity index (χ0) is 10.6. The molecule has 1 aliphatic heterocycles. The molecule has 1 heterocycles. The first kappa shape index (κ1) is 11.5. The number of hydrogen-bond acceptors (Lipinski definition) is 4. The fourth-order valence-corrected chi connectivity index (χ4v) is 2.17. The Kier molecular flexibility index (Phi) is 4.35. The first-order valence-electron chi connectivity index (χ1n) is 5.18. The van der Waals surface area contributed by atoms with E-state index >= 15 is 0 Å². The Morgan fingerprint density at radius 2 is 2.36 bits per heavy atom. The minimum absolute atomic E-state index is 0.162. The average Bonchev–Trinajstić information content (AvgIpc) is 2.21. The molecule has 1 aliphatic rings. The summed E-state index contributed by atoms with van der Waals surface area (Å²) in [6, 6.07) is 0.265. The molecule has 0 aliphatic carbocycles. The lowest BCUT2D eigenvalue weighted by Gasteiger charge is -2.36. The van der Waals surface area contributed by atoms with Gasteiger partial charge in [-0.05, 0) is 26.4 Å². The van der Waals surface area contributed by atoms with Crippen molar-refractivity contribution in [3.63, 3.8) is 0 Å². The number of hydrogen-bond donors (Lipinski definition) is 1. The van der Waals surface area contributed by atoms with E-state index < -0.39 is 0 Å². The lowest BCUT2D eigenvalue weighted by molar-refractivity contribution is -0.147. The molecule has 4 heteroatoms. The van der Waals surface area contributed by atoms with Crippen LogP contribution in [0.5, 0.6) is 0 Å². The third-order valence-electron chi connectivity index (χ3n) is 3.05. The normalized spacial score (nSPS) is 25.8. The second-order valence-electron chi connectivity index (χ2n) is 3.91. The monoisotopic (exact) mass is 200 g/mol. The summed E-state index contributed by atoms with van der Waals surface area (Å²) in [6.45, 7) is 1.43. The smallest absolute Gasteiger partial charge is 0.311 e. The van der Waals surface area contributed by atoms with Gasteiger partial charge in [-0.15, -0.1) is 0 Å². The summed E-state index contributed by atoms with van der Waals surface area (Å²) in [5.41, 5.74) is 5.61. The van der Waals surface area contributed by atoms with Gasteiger partial charge in [0.15, 0.2) is 0 Å². The highest BCUT2D eigenvalue weighted by Crippen LogP contribution is 2.22. The summed E-state index contributed by atoms with van der Waals surface area (Å²) in [5, 5.41) is 0. The van der Waals surface area contributed by atoms with Gasteiger partial charge in [0.2, 0.25) is 0 Å². The predicted molar refractivity (Wildman–Crippen MR) is 54.8 cm³/mol. The van der Waals surface area contributed by atoms with Gasteiger partial charge in [0.1, 0.15) is 0 Å². The van der Waals surface area contributed by atoms with Crippen LogP contribution in [0.2, 0.25) is 0 Å². The van der Waals surface area contributed by atoms with Crippen molar-refractivity contribution < 1.29 is 9.53 Å². The van der Waals surface area contributed by atoms with Crippen molar-refractivity contribution in [2.24, 2.45) is 11.7 Å². The molecule has 0 aromatic heterocycles. The van der Waals surface area contributed by atoms with E-state index in [0.717, 1.165) is 13.0 Å². The quantitative estimate of drug-likeness (QED) is 0.662. The Balaban J connectivity index is 2.61. The number of nitrogens with two attached hydrogens (primary N) is 1. The van der Waals surface area contributed by atoms with Crippen LogP contribution in [0.4, 0.5) is 0 Å². The first-order valence-corrected chi connectivity index (χ1v) is 5.18. The fourth-order valence-electron chi connectivity index (χ4n) is 2.17. The summed E-state index contributed by atoms with van der Waals surface area (Å²) in [5.74, 6) is -0.337. The highest BCUT2D eigenvalue weighted by molar-refractivity contribution is 5.73. The van der Waals surface area contributed by atoms with Crippen LogP contribution in [-0.2, 0) is 9.53 Å². The number of ether oxygens (including phenoxy) is 1. The Bertz CT molecular complexity index is 197. The van der Waals surface area contributed by atoms with Crippen LogP contribution in [0.25, 0.3) is 0 Å². The van der Waals surface area contributed by atoms with E-state index in [2.05, 4.69) is 11.9 Å². The van der Waals surface area contributed by atoms with E-state index in [4.69, 9.17) is 10.5 Å². The molecular weight excluding hydrogens is 180 g/mol. The Hall–Kier alpha value is -0.610. The number of esters is 1. The zero-order valence-corrected chi connectivity index (χ0v) is 9.03. The number of nitrogens with zero attached hydrogens (tertiary/aromatic N) is 1. The number of carbonyl (C=O) groups excluding carboxylic acids is 1. The topological polar surface area (TPSA) is 55.6 Å². The molecule has 2 atom stereocenters. The molecule has 0 aromatic carbocycles. The summed E-state index contributed by atoms with van der Waals surface area (Å²) in [6.07, 6.45) is 3.45. The van der Waals surface area contributed by atoms with Crippen LogP contribution in [-0.4, -0.2) is 44.2 Å². The van der Waals surface area contributed by atoms with E-state index in [1.807, 2.05) is 0 Å². The van der Waals surface area contributed by atoms with E-state index in [9.17, 15) is 4.79 Å². The molecule has 0 saturated carbocycles. The molecule has 0 bridgehead atoms. The fraction of sp³-hybridized carbons (Fsp3) is 0.900. The van der Waals surface area contributed by atoms with Gasteiger partial charge in [0, 0.05) is 12.6 Å². The first-order chi connectivity index (χ1) is 6.70. The van der Waals surface area contributed by atoms with Crippen molar-refractivity contribution in [2.45, 2.75) is 25.3 Å². The zero-order valence-electron chi connectivity index (χ0n) is 9.03. The van der Waals surface area contributed by atoms with Crippen molar-refractivity contribution in [2.75, 3.05) is 27.2 Å². The van der Waals surface area contributed by atoms with Crippen LogP contribution in [0.15, 0.2) is 0 Å². The van der Waals surface area contributed by atoms with Gasteiger partial charge in [-0.1, -0.05) is 6.42 Å². The summed E-state index contributed by atoms with van der Waals surface area (Å²) < 4.78 is 4.76. The molecule has 2 unspecified atom stereocenters. The molecule has 0 aromatic rings. The molecule has 0 spiro atoms. The maximum atomic E-state index is 11.5. The summed E-state index contributed by atoms with van der Waals surface area (Å²) in [4.78, 5) is 13.7. The van der Waals surface area contributed by atoms with Crippen LogP contribution < -0.4 is 5.73 Å². The van der Waals surface area contributed by atoms with Gasteiger partial charge in [0.05, 0.1) is 13.0 Å². The third kappa shape index (κ3) is 2.45. The van der Waals surface area contributed by atoms with Gasteiger partial charge in [-0.25, -0.2) is 0 Å². The van der Waals surface area contributed by atoms with Gasteiger partial charge in [-0.2, -0.15) is 0 Å². The van der Waals surface area contributed by atoms with E-state index in [1.165, 1.54) is 20.0 Å². The maximum Gasteiger partial charge on any atom is 0.311 e. The van der Waals surface area contributed by atoms with Crippen LogP contribution in [0.1, 0.15) is 19.3 Å². The number of rotatable bonds is 3. The lowest BCUT2D eigenvalue weighted by atomic mass is 9.91. The van der Waals surface area contributed by atoms with Crippen LogP contribution in [0, 0.1) is 5.92 Å². The molecule has 2 N–H and O–H groups in total. The lowest BCUT2D eigenvalue weighted by Crippen LogP contribution is -2.47. The van der Waals surface area contributed by atoms with E-state index in [-0.39, 0.29) is 17.9 Å². The Labute approximate surface area is 85.4 Å². The molecule has 0 radical (unpaired) electrons. The third-order valence-corrected chi connectivity index (χ3v) is 3.05. The second kappa shape index (κ2) is 5.32. The Morgan fingerprint density at radius 3 is 2.86 bits per heavy atom. The second-order valence-corrected chi connectivity index (χ2v) is 3.91. The molecule has 4 nitrogen and oxygen atoms in total. The average molecular weight is 200 g/mol. The van der Waals surface area contributed by atoms with Crippen molar-refractivity contribution in [1.29, 1.82) is 0 Å². The molecule has 1 saturated heterocycles. The molecular formula is C10H20N2O2. The number of methoxy groups -OCH3 is 1.